The van der Waals surface area contributed by atoms with Gasteiger partial charge in [-0.2, -0.15) is 0 Å². The van der Waals surface area contributed by atoms with E-state index in [2.05, 4.69) is 35.6 Å². The summed E-state index contributed by atoms with van der Waals surface area (Å²) in [5.74, 6) is -0.895. The molecule has 0 bridgehead atoms. The minimum absolute atomic E-state index is 0.261. The van der Waals surface area contributed by atoms with Gasteiger partial charge in [-0.25, -0.2) is 0 Å². The second kappa shape index (κ2) is 11.1. The number of carbonyl (C=O) groups excluding carboxylic acids is 2. The number of rotatable bonds is 8. The Balaban J connectivity index is 1.50. The Hall–Kier alpha value is -5.22. The summed E-state index contributed by atoms with van der Waals surface area (Å²) in [5.41, 5.74) is 8.20. The molecule has 0 heterocycles. The largest absolute Gasteiger partial charge is 0.368 e. The molecule has 0 radical (unpaired) electrons. The van der Waals surface area contributed by atoms with Crippen molar-refractivity contribution in [3.05, 3.63) is 168 Å². The first-order chi connectivity index (χ1) is 20.1. The van der Waals surface area contributed by atoms with Gasteiger partial charge in [-0.3, -0.25) is 9.59 Å². The highest BCUT2D eigenvalue weighted by molar-refractivity contribution is 6.03. The Bertz CT molecular complexity index is 1680. The molecule has 200 valence electrons. The second-order valence-corrected chi connectivity index (χ2v) is 10.3. The third kappa shape index (κ3) is 4.74. The zero-order chi connectivity index (χ0) is 28.2. The summed E-state index contributed by atoms with van der Waals surface area (Å²) in [6.07, 6.45) is 0.261. The summed E-state index contributed by atoms with van der Waals surface area (Å²) in [6, 6.07) is 46.5. The first-order valence-corrected chi connectivity index (χ1v) is 13.8. The van der Waals surface area contributed by atoms with E-state index in [0.717, 1.165) is 43.8 Å². The molecule has 0 aliphatic carbocycles. The van der Waals surface area contributed by atoms with Crippen molar-refractivity contribution in [2.45, 2.75) is 17.9 Å². The number of nitrogens with one attached hydrogen (secondary N) is 1. The summed E-state index contributed by atoms with van der Waals surface area (Å²) in [7, 11) is 0. The normalized spacial score (nSPS) is 12.2. The summed E-state index contributed by atoms with van der Waals surface area (Å²) in [4.78, 5) is 27.8. The van der Waals surface area contributed by atoms with Crippen molar-refractivity contribution in [2.75, 3.05) is 0 Å². The van der Waals surface area contributed by atoms with Gasteiger partial charge in [0.05, 0.1) is 0 Å². The molecule has 0 saturated heterocycles. The lowest BCUT2D eigenvalue weighted by Gasteiger charge is -2.35. The molecule has 0 unspecified atom stereocenters. The van der Waals surface area contributed by atoms with Gasteiger partial charge in [0.15, 0.2) is 0 Å². The highest BCUT2D eigenvalue weighted by Crippen LogP contribution is 2.40. The van der Waals surface area contributed by atoms with Gasteiger partial charge in [0.25, 0.3) is 0 Å². The van der Waals surface area contributed by atoms with Crippen LogP contribution in [-0.2, 0) is 21.4 Å². The third-order valence-electron chi connectivity index (χ3n) is 7.90. The average molecular weight is 535 g/mol. The zero-order valence-electron chi connectivity index (χ0n) is 22.5. The van der Waals surface area contributed by atoms with Crippen LogP contribution in [0.25, 0.3) is 21.5 Å². The summed E-state index contributed by atoms with van der Waals surface area (Å²) in [5, 5.41) is 7.33. The number of fused-ring (bicyclic) bond motifs is 2. The molecule has 4 heteroatoms. The molecule has 6 rings (SSSR count). The molecular weight excluding hydrogens is 504 g/mol. The maximum atomic E-state index is 14.8. The number of primary amides is 1. The summed E-state index contributed by atoms with van der Waals surface area (Å²) in [6.45, 7) is 0. The molecule has 0 aromatic heterocycles. The molecule has 41 heavy (non-hydrogen) atoms. The molecule has 1 atom stereocenters. The second-order valence-electron chi connectivity index (χ2n) is 10.3. The topological polar surface area (TPSA) is 72.2 Å². The molecule has 0 saturated carbocycles. The van der Waals surface area contributed by atoms with E-state index < -0.39 is 17.4 Å². The lowest BCUT2D eigenvalue weighted by Crippen LogP contribution is -2.54. The van der Waals surface area contributed by atoms with Gasteiger partial charge in [0.2, 0.25) is 11.8 Å². The standard InChI is InChI=1S/C37H30N2O2/c38-35(40)34(25-33-31-22-12-10-14-26(31)24-27-15-11-13-23-32(27)33)39-36(41)37(28-16-4-1-5-17-28,29-18-6-2-7-19-29)30-20-8-3-9-21-30/h1-24,34H,25H2,(H2,38,40)(H,39,41)/t34-/m1/s1. The SMILES string of the molecule is NC(=O)[C@@H](Cc1c2ccccc2cc2ccccc12)NC(=O)C(c1ccccc1)(c1ccccc1)c1ccccc1. The van der Waals surface area contributed by atoms with Crippen molar-refractivity contribution < 1.29 is 9.59 Å². The maximum absolute atomic E-state index is 14.8. The number of nitrogens with two attached hydrogens (primary N) is 1. The van der Waals surface area contributed by atoms with Gasteiger partial charge in [0, 0.05) is 6.42 Å². The van der Waals surface area contributed by atoms with E-state index in [9.17, 15) is 9.59 Å². The van der Waals surface area contributed by atoms with E-state index in [4.69, 9.17) is 5.73 Å². The molecule has 6 aromatic rings. The van der Waals surface area contributed by atoms with Crippen molar-refractivity contribution >= 4 is 33.4 Å². The Morgan fingerprint density at radius 2 is 0.976 bits per heavy atom. The molecule has 2 amide bonds. The van der Waals surface area contributed by atoms with Crippen LogP contribution in [0.4, 0.5) is 0 Å². The van der Waals surface area contributed by atoms with Crippen molar-refractivity contribution in [1.29, 1.82) is 0 Å². The minimum atomic E-state index is -1.21. The highest BCUT2D eigenvalue weighted by atomic mass is 16.2. The first kappa shape index (κ1) is 26.0. The van der Waals surface area contributed by atoms with E-state index >= 15 is 0 Å². The van der Waals surface area contributed by atoms with Crippen molar-refractivity contribution in [2.24, 2.45) is 5.73 Å². The fraction of sp³-hybridized carbons (Fsp3) is 0.0811. The van der Waals surface area contributed by atoms with E-state index in [1.807, 2.05) is 115 Å². The zero-order valence-corrected chi connectivity index (χ0v) is 22.5. The van der Waals surface area contributed by atoms with E-state index in [-0.39, 0.29) is 12.3 Å². The van der Waals surface area contributed by atoms with E-state index in [1.165, 1.54) is 0 Å². The van der Waals surface area contributed by atoms with Crippen LogP contribution < -0.4 is 11.1 Å². The Labute approximate surface area is 239 Å². The highest BCUT2D eigenvalue weighted by Gasteiger charge is 2.44. The first-order valence-electron chi connectivity index (χ1n) is 13.8. The molecule has 0 spiro atoms. The van der Waals surface area contributed by atoms with Crippen LogP contribution in [0.15, 0.2) is 146 Å². The van der Waals surface area contributed by atoms with Crippen LogP contribution in [0, 0.1) is 0 Å². The molecule has 6 aromatic carbocycles. The Morgan fingerprint density at radius 1 is 0.585 bits per heavy atom. The van der Waals surface area contributed by atoms with Gasteiger partial charge in [-0.15, -0.1) is 0 Å². The van der Waals surface area contributed by atoms with Crippen molar-refractivity contribution in [1.82, 2.24) is 5.32 Å². The monoisotopic (exact) mass is 534 g/mol. The van der Waals surface area contributed by atoms with Crippen LogP contribution in [0.5, 0.6) is 0 Å². The van der Waals surface area contributed by atoms with Gasteiger partial charge in [-0.05, 0) is 49.9 Å². The Kier molecular flexibility index (Phi) is 7.05. The number of hydrogen-bond acceptors (Lipinski definition) is 2. The van der Waals surface area contributed by atoms with Crippen LogP contribution in [0.3, 0.4) is 0 Å². The quantitative estimate of drug-likeness (QED) is 0.172. The fourth-order valence-corrected chi connectivity index (χ4v) is 5.98. The minimum Gasteiger partial charge on any atom is -0.368 e. The lowest BCUT2D eigenvalue weighted by molar-refractivity contribution is -0.129. The average Bonchev–Trinajstić information content (AvgIpc) is 3.02. The number of hydrogen-bond donors (Lipinski definition) is 2. The number of carbonyl (C=O) groups is 2. The molecular formula is C37H30N2O2. The molecule has 3 N–H and O–H groups in total. The van der Waals surface area contributed by atoms with Crippen LogP contribution in [0.2, 0.25) is 0 Å². The van der Waals surface area contributed by atoms with Crippen molar-refractivity contribution in [3.8, 4) is 0 Å². The molecule has 0 aliphatic heterocycles. The van der Waals surface area contributed by atoms with Crippen molar-refractivity contribution in [3.63, 3.8) is 0 Å². The van der Waals surface area contributed by atoms with E-state index in [1.54, 1.807) is 0 Å². The molecule has 4 nitrogen and oxygen atoms in total. The maximum Gasteiger partial charge on any atom is 0.240 e. The van der Waals surface area contributed by atoms with Gasteiger partial charge >= 0.3 is 0 Å². The van der Waals surface area contributed by atoms with Gasteiger partial charge in [-0.1, -0.05) is 140 Å². The predicted octanol–water partition coefficient (Wildman–Crippen LogP) is 6.54. The molecule has 0 fully saturated rings. The van der Waals surface area contributed by atoms with E-state index in [0.29, 0.717) is 0 Å². The fourth-order valence-electron chi connectivity index (χ4n) is 5.98. The summed E-state index contributed by atoms with van der Waals surface area (Å²) >= 11 is 0. The van der Waals surface area contributed by atoms with Gasteiger partial charge in [0.1, 0.15) is 11.5 Å². The number of benzene rings is 6. The van der Waals surface area contributed by atoms with Crippen LogP contribution in [-0.4, -0.2) is 17.9 Å². The smallest absolute Gasteiger partial charge is 0.240 e. The summed E-state index contributed by atoms with van der Waals surface area (Å²) < 4.78 is 0. The van der Waals surface area contributed by atoms with Gasteiger partial charge < -0.3 is 11.1 Å². The number of amides is 2. The van der Waals surface area contributed by atoms with Crippen LogP contribution >= 0.6 is 0 Å². The lowest BCUT2D eigenvalue weighted by atomic mass is 9.68. The van der Waals surface area contributed by atoms with Crippen LogP contribution in [0.1, 0.15) is 22.3 Å². The Morgan fingerprint density at radius 3 is 1.39 bits per heavy atom. The third-order valence-corrected chi connectivity index (χ3v) is 7.90. The molecule has 0 aliphatic rings. The predicted molar refractivity (Wildman–Crippen MR) is 165 cm³/mol.